The minimum absolute atomic E-state index is 0.0783. The molecule has 0 saturated carbocycles. The number of hydrogen-bond acceptors (Lipinski definition) is 5. The van der Waals surface area contributed by atoms with Crippen molar-refractivity contribution in [1.82, 2.24) is 4.98 Å². The summed E-state index contributed by atoms with van der Waals surface area (Å²) in [6, 6.07) is 7.96. The molecule has 0 fully saturated rings. The van der Waals surface area contributed by atoms with Gasteiger partial charge in [-0.05, 0) is 28.1 Å². The highest BCUT2D eigenvalue weighted by Crippen LogP contribution is 2.34. The molecule has 21 heavy (non-hydrogen) atoms. The third-order valence-corrected chi connectivity index (χ3v) is 3.47. The van der Waals surface area contributed by atoms with E-state index < -0.39 is 4.92 Å². The molecule has 2 rings (SSSR count). The monoisotopic (exact) mass is 350 g/mol. The highest BCUT2D eigenvalue weighted by molar-refractivity contribution is 9.10. The van der Waals surface area contributed by atoms with Gasteiger partial charge in [0.2, 0.25) is 0 Å². The quantitative estimate of drug-likeness (QED) is 0.372. The van der Waals surface area contributed by atoms with Crippen LogP contribution in [0.2, 0.25) is 0 Å². The number of nitrogens with zero attached hydrogens (tertiary/aromatic N) is 2. The number of nitrogen functional groups attached to an aromatic ring is 1. The Bertz CT molecular complexity index is 706. The van der Waals surface area contributed by atoms with Crippen molar-refractivity contribution in [2.75, 3.05) is 0 Å². The predicted molar refractivity (Wildman–Crippen MR) is 80.4 cm³/mol. The molecule has 8 heteroatoms. The minimum Gasteiger partial charge on any atom is -0.487 e. The molecule has 2 aromatic rings. The molecule has 0 bridgehead atoms. The molecule has 0 aliphatic rings. The average molecular weight is 351 g/mol. The smallest absolute Gasteiger partial charge is 0.287 e. The summed E-state index contributed by atoms with van der Waals surface area (Å²) in [5.74, 6) is 0.176. The summed E-state index contributed by atoms with van der Waals surface area (Å²) in [7, 11) is 0. The van der Waals surface area contributed by atoms with Crippen LogP contribution in [-0.4, -0.2) is 15.7 Å². The summed E-state index contributed by atoms with van der Waals surface area (Å²) >= 11 is 3.15. The van der Waals surface area contributed by atoms with E-state index in [-0.39, 0.29) is 22.6 Å². The van der Waals surface area contributed by atoms with Crippen LogP contribution in [0.1, 0.15) is 11.3 Å². The molecule has 0 amide bonds. The number of nitrogens with one attached hydrogen (secondary N) is 1. The second-order valence-electron chi connectivity index (χ2n) is 4.06. The Morgan fingerprint density at radius 3 is 2.86 bits per heavy atom. The van der Waals surface area contributed by atoms with E-state index in [1.807, 2.05) is 0 Å². The first kappa shape index (κ1) is 14.9. The highest BCUT2D eigenvalue weighted by Gasteiger charge is 2.16. The lowest BCUT2D eigenvalue weighted by Gasteiger charge is -2.10. The minimum atomic E-state index is -0.498. The fraction of sp³-hybridized carbons (Fsp3) is 0.0769. The van der Waals surface area contributed by atoms with Gasteiger partial charge in [0, 0.05) is 17.8 Å². The topological polar surface area (TPSA) is 115 Å². The van der Waals surface area contributed by atoms with Crippen LogP contribution < -0.4 is 10.5 Å². The van der Waals surface area contributed by atoms with Crippen LogP contribution in [0.5, 0.6) is 5.75 Å². The normalized spacial score (nSPS) is 10.1. The molecule has 0 radical (unpaired) electrons. The average Bonchev–Trinajstić information content (AvgIpc) is 2.46. The van der Waals surface area contributed by atoms with Gasteiger partial charge >= 0.3 is 0 Å². The van der Waals surface area contributed by atoms with Gasteiger partial charge in [-0.25, -0.2) is 0 Å². The molecule has 3 N–H and O–H groups in total. The maximum Gasteiger partial charge on any atom is 0.287 e. The van der Waals surface area contributed by atoms with Crippen molar-refractivity contribution in [3.8, 4) is 5.75 Å². The standard InChI is InChI=1S/C13H11BrN4O3/c14-11-9(18(19)20)4-1-5-10(11)21-7-8-3-2-6-17-12(8)13(15)16/h1-6H,7H2,(H3,15,16). The molecule has 108 valence electrons. The van der Waals surface area contributed by atoms with Gasteiger partial charge in [0.25, 0.3) is 5.69 Å². The van der Waals surface area contributed by atoms with Crippen LogP contribution in [0.4, 0.5) is 5.69 Å². The molecule has 0 aliphatic carbocycles. The fourth-order valence-corrected chi connectivity index (χ4v) is 2.23. The second-order valence-corrected chi connectivity index (χ2v) is 4.85. The van der Waals surface area contributed by atoms with Gasteiger partial charge < -0.3 is 10.5 Å². The molecule has 1 aromatic heterocycles. The van der Waals surface area contributed by atoms with Gasteiger partial charge in [-0.3, -0.25) is 20.5 Å². The zero-order valence-corrected chi connectivity index (χ0v) is 12.3. The Balaban J connectivity index is 2.23. The molecular weight excluding hydrogens is 340 g/mol. The van der Waals surface area contributed by atoms with E-state index in [2.05, 4.69) is 20.9 Å². The zero-order valence-electron chi connectivity index (χ0n) is 10.7. The van der Waals surface area contributed by atoms with E-state index in [0.717, 1.165) is 0 Å². The molecule has 1 aromatic carbocycles. The number of aromatic nitrogens is 1. The van der Waals surface area contributed by atoms with Gasteiger partial charge in [-0.15, -0.1) is 0 Å². The van der Waals surface area contributed by atoms with E-state index >= 15 is 0 Å². The number of pyridine rings is 1. The van der Waals surface area contributed by atoms with Crippen molar-refractivity contribution < 1.29 is 9.66 Å². The number of ether oxygens (including phenoxy) is 1. The van der Waals surface area contributed by atoms with Crippen molar-refractivity contribution in [3.63, 3.8) is 0 Å². The first-order valence-electron chi connectivity index (χ1n) is 5.84. The Kier molecular flexibility index (Phi) is 4.49. The summed E-state index contributed by atoms with van der Waals surface area (Å²) < 4.78 is 5.83. The number of nitro benzene ring substituents is 1. The van der Waals surface area contributed by atoms with E-state index in [9.17, 15) is 10.1 Å². The van der Waals surface area contributed by atoms with Crippen molar-refractivity contribution in [2.45, 2.75) is 6.61 Å². The fourth-order valence-electron chi connectivity index (χ4n) is 1.70. The van der Waals surface area contributed by atoms with Crippen molar-refractivity contribution >= 4 is 27.5 Å². The molecule has 0 saturated heterocycles. The molecular formula is C13H11BrN4O3. The van der Waals surface area contributed by atoms with Gasteiger partial charge in [-0.1, -0.05) is 12.1 Å². The summed E-state index contributed by atoms with van der Waals surface area (Å²) in [5.41, 5.74) is 6.33. The molecule has 1 heterocycles. The van der Waals surface area contributed by atoms with Crippen molar-refractivity contribution in [1.29, 1.82) is 5.41 Å². The lowest BCUT2D eigenvalue weighted by Crippen LogP contribution is -2.16. The number of rotatable bonds is 5. The summed E-state index contributed by atoms with van der Waals surface area (Å²) in [5, 5.41) is 18.3. The lowest BCUT2D eigenvalue weighted by molar-refractivity contribution is -0.385. The van der Waals surface area contributed by atoms with E-state index in [4.69, 9.17) is 15.9 Å². The van der Waals surface area contributed by atoms with Crippen LogP contribution in [0.3, 0.4) is 0 Å². The first-order valence-corrected chi connectivity index (χ1v) is 6.64. The molecule has 0 spiro atoms. The van der Waals surface area contributed by atoms with Crippen LogP contribution in [0, 0.1) is 15.5 Å². The number of nitro groups is 1. The number of hydrogen-bond donors (Lipinski definition) is 2. The van der Waals surface area contributed by atoms with Gasteiger partial charge in [0.15, 0.2) is 0 Å². The second kappa shape index (κ2) is 6.31. The van der Waals surface area contributed by atoms with Crippen LogP contribution >= 0.6 is 15.9 Å². The van der Waals surface area contributed by atoms with Gasteiger partial charge in [0.1, 0.15) is 28.4 Å². The third-order valence-electron chi connectivity index (χ3n) is 2.67. The summed E-state index contributed by atoms with van der Waals surface area (Å²) in [4.78, 5) is 14.4. The van der Waals surface area contributed by atoms with Crippen LogP contribution in [-0.2, 0) is 6.61 Å². The van der Waals surface area contributed by atoms with Crippen molar-refractivity contribution in [3.05, 3.63) is 62.4 Å². The number of amidine groups is 1. The maximum atomic E-state index is 10.9. The number of halogens is 1. The maximum absolute atomic E-state index is 10.9. The van der Waals surface area contributed by atoms with Crippen molar-refractivity contribution in [2.24, 2.45) is 5.73 Å². The zero-order chi connectivity index (χ0) is 15.4. The van der Waals surface area contributed by atoms with Crippen LogP contribution in [0.25, 0.3) is 0 Å². The lowest BCUT2D eigenvalue weighted by atomic mass is 10.2. The van der Waals surface area contributed by atoms with E-state index in [0.29, 0.717) is 17.0 Å². The largest absolute Gasteiger partial charge is 0.487 e. The SMILES string of the molecule is N=C(N)c1ncccc1COc1cccc([N+](=O)[O-])c1Br. The van der Waals surface area contributed by atoms with E-state index in [1.165, 1.54) is 18.3 Å². The number of nitrogens with two attached hydrogens (primary N) is 1. The molecule has 0 atom stereocenters. The summed E-state index contributed by atoms with van der Waals surface area (Å²) in [6.45, 7) is 0.0997. The third kappa shape index (κ3) is 3.34. The molecule has 0 aliphatic heterocycles. The molecule has 7 nitrogen and oxygen atoms in total. The Morgan fingerprint density at radius 2 is 2.19 bits per heavy atom. The Morgan fingerprint density at radius 1 is 1.43 bits per heavy atom. The summed E-state index contributed by atoms with van der Waals surface area (Å²) in [6.07, 6.45) is 1.53. The first-order chi connectivity index (χ1) is 10.0. The van der Waals surface area contributed by atoms with E-state index in [1.54, 1.807) is 18.2 Å². The number of benzene rings is 1. The highest BCUT2D eigenvalue weighted by atomic mass is 79.9. The molecule has 0 unspecified atom stereocenters. The Labute approximate surface area is 128 Å². The Hall–Kier alpha value is -2.48. The van der Waals surface area contributed by atoms with Gasteiger partial charge in [0.05, 0.1) is 4.92 Å². The van der Waals surface area contributed by atoms with Gasteiger partial charge in [-0.2, -0.15) is 0 Å². The predicted octanol–water partition coefficient (Wildman–Crippen LogP) is 2.62. The van der Waals surface area contributed by atoms with Crippen LogP contribution in [0.15, 0.2) is 41.0 Å².